The van der Waals surface area contributed by atoms with Crippen LogP contribution in [-0.4, -0.2) is 40.8 Å². The van der Waals surface area contributed by atoms with Crippen molar-refractivity contribution in [3.05, 3.63) is 0 Å². The number of likely N-dealkylation sites (N-methyl/N-ethyl adjacent to an activating group) is 1. The van der Waals surface area contributed by atoms with Crippen LogP contribution >= 0.6 is 0 Å². The fourth-order valence-electron chi connectivity index (χ4n) is 1.18. The van der Waals surface area contributed by atoms with E-state index in [1.165, 1.54) is 18.7 Å². The molecular formula is C11H21NO4. The monoisotopic (exact) mass is 231 g/mol. The highest BCUT2D eigenvalue weighted by atomic mass is 16.6. The Morgan fingerprint density at radius 3 is 2.19 bits per heavy atom. The molecule has 0 unspecified atom stereocenters. The number of rotatable bonds is 5. The predicted octanol–water partition coefficient (Wildman–Crippen LogP) is 1.96. The standard InChI is InChI=1S/C11H21NO4/c1-6-12(11(4,5)9(13)14)10(15)16-7-8(2)3/h8H,6-7H2,1-5H3,(H,13,14). The molecule has 0 aromatic heterocycles. The molecule has 0 aromatic rings. The zero-order valence-corrected chi connectivity index (χ0v) is 10.6. The predicted molar refractivity (Wildman–Crippen MR) is 60.3 cm³/mol. The first-order chi connectivity index (χ1) is 7.23. The molecule has 0 atom stereocenters. The molecular weight excluding hydrogens is 210 g/mol. The van der Waals surface area contributed by atoms with Gasteiger partial charge in [-0.15, -0.1) is 0 Å². The number of carboxylic acid groups (broad SMARTS) is 1. The van der Waals surface area contributed by atoms with Crippen molar-refractivity contribution < 1.29 is 19.4 Å². The van der Waals surface area contributed by atoms with Crippen LogP contribution in [0.2, 0.25) is 0 Å². The van der Waals surface area contributed by atoms with Crippen molar-refractivity contribution in [1.29, 1.82) is 0 Å². The molecule has 0 heterocycles. The quantitative estimate of drug-likeness (QED) is 0.785. The molecule has 1 N–H and O–H groups in total. The van der Waals surface area contributed by atoms with Gasteiger partial charge in [-0.05, 0) is 26.7 Å². The van der Waals surface area contributed by atoms with E-state index < -0.39 is 17.6 Å². The zero-order chi connectivity index (χ0) is 12.9. The van der Waals surface area contributed by atoms with Crippen LogP contribution in [0.3, 0.4) is 0 Å². The topological polar surface area (TPSA) is 66.8 Å². The normalized spacial score (nSPS) is 11.4. The molecule has 0 radical (unpaired) electrons. The van der Waals surface area contributed by atoms with E-state index in [9.17, 15) is 9.59 Å². The molecule has 0 saturated carbocycles. The molecule has 0 spiro atoms. The Morgan fingerprint density at radius 1 is 1.38 bits per heavy atom. The van der Waals surface area contributed by atoms with Gasteiger partial charge in [0, 0.05) is 6.54 Å². The second kappa shape index (κ2) is 5.72. The van der Waals surface area contributed by atoms with Gasteiger partial charge >= 0.3 is 12.1 Å². The Morgan fingerprint density at radius 2 is 1.88 bits per heavy atom. The number of amides is 1. The van der Waals surface area contributed by atoms with E-state index in [2.05, 4.69) is 0 Å². The average Bonchev–Trinajstić information content (AvgIpc) is 2.15. The van der Waals surface area contributed by atoms with Crippen LogP contribution in [0, 0.1) is 5.92 Å². The maximum Gasteiger partial charge on any atom is 0.410 e. The van der Waals surface area contributed by atoms with E-state index >= 15 is 0 Å². The highest BCUT2D eigenvalue weighted by molar-refractivity contribution is 5.83. The summed E-state index contributed by atoms with van der Waals surface area (Å²) in [6, 6.07) is 0. The Hall–Kier alpha value is -1.26. The number of hydrogen-bond acceptors (Lipinski definition) is 3. The molecule has 1 amide bonds. The fourth-order valence-corrected chi connectivity index (χ4v) is 1.18. The maximum atomic E-state index is 11.7. The molecule has 0 aliphatic heterocycles. The Balaban J connectivity index is 4.61. The van der Waals surface area contributed by atoms with E-state index in [-0.39, 0.29) is 5.92 Å². The third-order valence-corrected chi connectivity index (χ3v) is 2.27. The number of carbonyl (C=O) groups excluding carboxylic acids is 1. The second-order valence-corrected chi connectivity index (χ2v) is 4.58. The van der Waals surface area contributed by atoms with Gasteiger partial charge in [0.25, 0.3) is 0 Å². The summed E-state index contributed by atoms with van der Waals surface area (Å²) in [6.45, 7) is 9.13. The summed E-state index contributed by atoms with van der Waals surface area (Å²) in [4.78, 5) is 23.9. The van der Waals surface area contributed by atoms with Crippen molar-refractivity contribution in [2.24, 2.45) is 5.92 Å². The zero-order valence-electron chi connectivity index (χ0n) is 10.6. The lowest BCUT2D eigenvalue weighted by Gasteiger charge is -2.33. The van der Waals surface area contributed by atoms with Crippen molar-refractivity contribution in [1.82, 2.24) is 4.90 Å². The van der Waals surface area contributed by atoms with Gasteiger partial charge in [0.15, 0.2) is 0 Å². The molecule has 0 bridgehead atoms. The lowest BCUT2D eigenvalue weighted by Crippen LogP contribution is -2.53. The third kappa shape index (κ3) is 3.72. The van der Waals surface area contributed by atoms with E-state index in [1.54, 1.807) is 6.92 Å². The fraction of sp³-hybridized carbons (Fsp3) is 0.818. The summed E-state index contributed by atoms with van der Waals surface area (Å²) in [5.74, 6) is -0.813. The molecule has 94 valence electrons. The molecule has 0 aliphatic carbocycles. The van der Waals surface area contributed by atoms with Crippen LogP contribution in [0.5, 0.6) is 0 Å². The summed E-state index contributed by atoms with van der Waals surface area (Å²) in [5.41, 5.74) is -1.25. The summed E-state index contributed by atoms with van der Waals surface area (Å²) in [7, 11) is 0. The average molecular weight is 231 g/mol. The molecule has 16 heavy (non-hydrogen) atoms. The van der Waals surface area contributed by atoms with Crippen LogP contribution < -0.4 is 0 Å². The number of ether oxygens (including phenoxy) is 1. The van der Waals surface area contributed by atoms with Gasteiger partial charge in [-0.2, -0.15) is 0 Å². The maximum absolute atomic E-state index is 11.7. The molecule has 5 heteroatoms. The highest BCUT2D eigenvalue weighted by Crippen LogP contribution is 2.16. The van der Waals surface area contributed by atoms with Gasteiger partial charge in [0.1, 0.15) is 5.54 Å². The van der Waals surface area contributed by atoms with Gasteiger partial charge in [-0.3, -0.25) is 4.90 Å². The molecule has 0 fully saturated rings. The Bertz CT molecular complexity index is 261. The van der Waals surface area contributed by atoms with Crippen molar-refractivity contribution in [2.45, 2.75) is 40.2 Å². The van der Waals surface area contributed by atoms with Gasteiger partial charge in [0.2, 0.25) is 0 Å². The van der Waals surface area contributed by atoms with E-state index in [4.69, 9.17) is 9.84 Å². The van der Waals surface area contributed by atoms with Gasteiger partial charge in [0.05, 0.1) is 6.61 Å². The first kappa shape index (κ1) is 14.7. The first-order valence-corrected chi connectivity index (χ1v) is 5.41. The van der Waals surface area contributed by atoms with E-state index in [0.29, 0.717) is 13.2 Å². The first-order valence-electron chi connectivity index (χ1n) is 5.41. The minimum Gasteiger partial charge on any atom is -0.480 e. The van der Waals surface area contributed by atoms with Gasteiger partial charge in [-0.1, -0.05) is 13.8 Å². The van der Waals surface area contributed by atoms with Crippen molar-refractivity contribution in [2.75, 3.05) is 13.2 Å². The number of hydrogen-bond donors (Lipinski definition) is 1. The number of aliphatic carboxylic acids is 1. The van der Waals surface area contributed by atoms with Crippen LogP contribution in [-0.2, 0) is 9.53 Å². The minimum absolute atomic E-state index is 0.232. The van der Waals surface area contributed by atoms with Crippen LogP contribution in [0.1, 0.15) is 34.6 Å². The van der Waals surface area contributed by atoms with E-state index in [0.717, 1.165) is 0 Å². The van der Waals surface area contributed by atoms with Crippen molar-refractivity contribution in [3.8, 4) is 0 Å². The molecule has 0 rings (SSSR count). The van der Waals surface area contributed by atoms with Crippen LogP contribution in [0.25, 0.3) is 0 Å². The summed E-state index contributed by atoms with van der Waals surface area (Å²) < 4.78 is 5.02. The third-order valence-electron chi connectivity index (χ3n) is 2.27. The Labute approximate surface area is 96.4 Å². The summed E-state index contributed by atoms with van der Waals surface area (Å²) in [5, 5.41) is 9.02. The number of nitrogens with zero attached hydrogens (tertiary/aromatic N) is 1. The summed E-state index contributed by atoms with van der Waals surface area (Å²) >= 11 is 0. The lowest BCUT2D eigenvalue weighted by molar-refractivity contribution is -0.148. The molecule has 0 saturated heterocycles. The van der Waals surface area contributed by atoms with Gasteiger partial charge in [-0.25, -0.2) is 9.59 Å². The van der Waals surface area contributed by atoms with Gasteiger partial charge < -0.3 is 9.84 Å². The van der Waals surface area contributed by atoms with Crippen LogP contribution in [0.15, 0.2) is 0 Å². The molecule has 5 nitrogen and oxygen atoms in total. The van der Waals surface area contributed by atoms with Crippen molar-refractivity contribution >= 4 is 12.1 Å². The smallest absolute Gasteiger partial charge is 0.410 e. The van der Waals surface area contributed by atoms with Crippen LogP contribution in [0.4, 0.5) is 4.79 Å². The SMILES string of the molecule is CCN(C(=O)OCC(C)C)C(C)(C)C(=O)O. The lowest BCUT2D eigenvalue weighted by atomic mass is 10.0. The molecule has 0 aromatic carbocycles. The summed E-state index contributed by atoms with van der Waals surface area (Å²) in [6.07, 6.45) is -0.580. The number of carboxylic acids is 1. The Kier molecular flexibility index (Phi) is 5.27. The highest BCUT2D eigenvalue weighted by Gasteiger charge is 2.37. The second-order valence-electron chi connectivity index (χ2n) is 4.58. The largest absolute Gasteiger partial charge is 0.480 e. The minimum atomic E-state index is -1.25. The number of carbonyl (C=O) groups is 2. The van der Waals surface area contributed by atoms with Crippen molar-refractivity contribution in [3.63, 3.8) is 0 Å². The van der Waals surface area contributed by atoms with E-state index in [1.807, 2.05) is 13.8 Å². The molecule has 0 aliphatic rings.